The van der Waals surface area contributed by atoms with E-state index in [9.17, 15) is 4.79 Å². The molecule has 1 aromatic carbocycles. The molecule has 2 aromatic heterocycles. The third kappa shape index (κ3) is 4.11. The van der Waals surface area contributed by atoms with Gasteiger partial charge in [0.2, 0.25) is 0 Å². The molecule has 0 radical (unpaired) electrons. The van der Waals surface area contributed by atoms with Gasteiger partial charge in [-0.3, -0.25) is 10.1 Å². The lowest BCUT2D eigenvalue weighted by molar-refractivity contribution is 0.102. The Hall–Kier alpha value is -2.54. The van der Waals surface area contributed by atoms with Gasteiger partial charge in [0.15, 0.2) is 0 Å². The van der Waals surface area contributed by atoms with Crippen LogP contribution < -0.4 is 5.32 Å². The molecular formula is C18H19N3O3S. The fourth-order valence-corrected chi connectivity index (χ4v) is 3.19. The van der Waals surface area contributed by atoms with E-state index >= 15 is 0 Å². The monoisotopic (exact) mass is 357 g/mol. The van der Waals surface area contributed by atoms with E-state index in [0.29, 0.717) is 22.5 Å². The molecule has 25 heavy (non-hydrogen) atoms. The zero-order valence-electron chi connectivity index (χ0n) is 14.5. The van der Waals surface area contributed by atoms with Crippen molar-refractivity contribution < 1.29 is 13.6 Å². The molecule has 0 fully saturated rings. The van der Waals surface area contributed by atoms with Crippen LogP contribution in [0, 0.1) is 13.8 Å². The average molecular weight is 357 g/mol. The molecule has 2 heterocycles. The van der Waals surface area contributed by atoms with E-state index in [0.717, 1.165) is 16.2 Å². The Labute approximate surface area is 150 Å². The molecule has 0 aliphatic rings. The van der Waals surface area contributed by atoms with Gasteiger partial charge in [-0.2, -0.15) is 0 Å². The number of furan rings is 1. The fourth-order valence-electron chi connectivity index (χ4n) is 2.35. The summed E-state index contributed by atoms with van der Waals surface area (Å²) in [5.41, 5.74) is 1.25. The van der Waals surface area contributed by atoms with Crippen LogP contribution in [0.4, 0.5) is 6.01 Å². The number of hydrogen-bond donors (Lipinski definition) is 1. The molecule has 130 valence electrons. The van der Waals surface area contributed by atoms with E-state index in [4.69, 9.17) is 8.83 Å². The van der Waals surface area contributed by atoms with Crippen LogP contribution in [0.2, 0.25) is 0 Å². The summed E-state index contributed by atoms with van der Waals surface area (Å²) in [6.45, 7) is 7.92. The molecule has 0 atom stereocenters. The highest BCUT2D eigenvalue weighted by Crippen LogP contribution is 2.27. The number of aromatic nitrogens is 2. The number of rotatable bonds is 5. The van der Waals surface area contributed by atoms with Gasteiger partial charge in [-0.15, -0.1) is 16.9 Å². The lowest BCUT2D eigenvalue weighted by Gasteiger charge is -2.05. The van der Waals surface area contributed by atoms with Gasteiger partial charge in [0.05, 0.1) is 5.56 Å². The Morgan fingerprint density at radius 2 is 1.84 bits per heavy atom. The molecule has 7 heteroatoms. The molecule has 0 unspecified atom stereocenters. The first-order valence-corrected chi connectivity index (χ1v) is 8.79. The molecule has 0 aliphatic heterocycles. The maximum atomic E-state index is 12.3. The van der Waals surface area contributed by atoms with E-state index in [1.54, 1.807) is 23.9 Å². The van der Waals surface area contributed by atoms with E-state index < -0.39 is 0 Å². The minimum atomic E-state index is -0.295. The number of nitrogens with one attached hydrogen (secondary N) is 1. The van der Waals surface area contributed by atoms with Gasteiger partial charge >= 0.3 is 6.01 Å². The summed E-state index contributed by atoms with van der Waals surface area (Å²) in [5, 5.41) is 10.9. The van der Waals surface area contributed by atoms with Crippen LogP contribution in [-0.4, -0.2) is 21.4 Å². The van der Waals surface area contributed by atoms with E-state index in [1.165, 1.54) is 0 Å². The number of anilines is 1. The van der Waals surface area contributed by atoms with Crippen molar-refractivity contribution >= 4 is 23.7 Å². The zero-order chi connectivity index (χ0) is 18.0. The maximum Gasteiger partial charge on any atom is 0.322 e. The number of amides is 1. The van der Waals surface area contributed by atoms with Crippen LogP contribution in [0.15, 0.2) is 44.1 Å². The van der Waals surface area contributed by atoms with Crippen molar-refractivity contribution in [3.05, 3.63) is 47.4 Å². The minimum Gasteiger partial charge on any atom is -0.466 e. The average Bonchev–Trinajstić information content (AvgIpc) is 3.13. The maximum absolute atomic E-state index is 12.3. The molecule has 0 spiro atoms. The summed E-state index contributed by atoms with van der Waals surface area (Å²) >= 11 is 1.75. The van der Waals surface area contributed by atoms with Crippen molar-refractivity contribution in [1.29, 1.82) is 0 Å². The summed E-state index contributed by atoms with van der Waals surface area (Å²) in [5.74, 6) is 1.47. The predicted octanol–water partition coefficient (Wildman–Crippen LogP) is 4.70. The van der Waals surface area contributed by atoms with Crippen LogP contribution in [0.1, 0.15) is 35.7 Å². The number of thioether (sulfide) groups is 1. The quantitative estimate of drug-likeness (QED) is 0.667. The van der Waals surface area contributed by atoms with E-state index in [-0.39, 0.29) is 11.9 Å². The Balaban J connectivity index is 1.70. The molecule has 1 N–H and O–H groups in total. The van der Waals surface area contributed by atoms with Gasteiger partial charge in [-0.1, -0.05) is 18.9 Å². The summed E-state index contributed by atoms with van der Waals surface area (Å²) < 4.78 is 11.0. The summed E-state index contributed by atoms with van der Waals surface area (Å²) in [6, 6.07) is 9.28. The van der Waals surface area contributed by atoms with Crippen molar-refractivity contribution in [2.45, 2.75) is 37.8 Å². The van der Waals surface area contributed by atoms with Crippen molar-refractivity contribution in [3.8, 4) is 11.5 Å². The third-order valence-corrected chi connectivity index (χ3v) is 4.42. The number of nitrogens with zero attached hydrogens (tertiary/aromatic N) is 2. The second-order valence-electron chi connectivity index (χ2n) is 5.88. The van der Waals surface area contributed by atoms with E-state index in [2.05, 4.69) is 29.4 Å². The zero-order valence-corrected chi connectivity index (χ0v) is 15.3. The second-order valence-corrected chi connectivity index (χ2v) is 7.53. The van der Waals surface area contributed by atoms with Crippen molar-refractivity contribution in [2.75, 3.05) is 5.32 Å². The number of benzene rings is 1. The summed E-state index contributed by atoms with van der Waals surface area (Å²) in [6.07, 6.45) is 0. The molecule has 0 aliphatic carbocycles. The second kappa shape index (κ2) is 7.14. The normalized spacial score (nSPS) is 11.1. The molecular weight excluding hydrogens is 338 g/mol. The summed E-state index contributed by atoms with van der Waals surface area (Å²) in [7, 11) is 0. The van der Waals surface area contributed by atoms with Crippen LogP contribution in [0.3, 0.4) is 0 Å². The molecule has 0 bridgehead atoms. The predicted molar refractivity (Wildman–Crippen MR) is 96.9 cm³/mol. The van der Waals surface area contributed by atoms with Crippen molar-refractivity contribution in [2.24, 2.45) is 0 Å². The Bertz CT molecular complexity index is 881. The Kier molecular flexibility index (Phi) is 4.94. The van der Waals surface area contributed by atoms with Gasteiger partial charge in [-0.05, 0) is 44.2 Å². The third-order valence-electron chi connectivity index (χ3n) is 3.41. The number of hydrogen-bond acceptors (Lipinski definition) is 6. The van der Waals surface area contributed by atoms with Gasteiger partial charge in [0.1, 0.15) is 11.5 Å². The molecule has 1 amide bonds. The lowest BCUT2D eigenvalue weighted by Crippen LogP contribution is -2.11. The largest absolute Gasteiger partial charge is 0.466 e. The standard InChI is InChI=1S/C18H19N3O3S/c1-10(2)25-14-7-5-13(6-8-14)16(22)19-18-21-20-17(24-18)15-9-11(3)23-12(15)4/h5-10H,1-4H3,(H,19,21,22). The first-order chi connectivity index (χ1) is 11.9. The van der Waals surface area contributed by atoms with Crippen LogP contribution in [0.25, 0.3) is 11.5 Å². The van der Waals surface area contributed by atoms with Gasteiger partial charge in [0, 0.05) is 15.7 Å². The highest BCUT2D eigenvalue weighted by atomic mass is 32.2. The SMILES string of the molecule is Cc1cc(-c2nnc(NC(=O)c3ccc(SC(C)C)cc3)o2)c(C)o1. The fraction of sp³-hybridized carbons (Fsp3) is 0.278. The molecule has 3 aromatic rings. The van der Waals surface area contributed by atoms with E-state index in [1.807, 2.05) is 32.0 Å². The smallest absolute Gasteiger partial charge is 0.322 e. The van der Waals surface area contributed by atoms with Crippen molar-refractivity contribution in [3.63, 3.8) is 0 Å². The Morgan fingerprint density at radius 3 is 2.44 bits per heavy atom. The first kappa shape index (κ1) is 17.3. The number of carbonyl (C=O) groups excluding carboxylic acids is 1. The molecule has 6 nitrogen and oxygen atoms in total. The number of aryl methyl sites for hydroxylation is 2. The Morgan fingerprint density at radius 1 is 1.12 bits per heavy atom. The topological polar surface area (TPSA) is 81.2 Å². The lowest BCUT2D eigenvalue weighted by atomic mass is 10.2. The molecule has 0 saturated heterocycles. The van der Waals surface area contributed by atoms with Crippen LogP contribution >= 0.6 is 11.8 Å². The van der Waals surface area contributed by atoms with Crippen molar-refractivity contribution in [1.82, 2.24) is 10.2 Å². The highest BCUT2D eigenvalue weighted by Gasteiger charge is 2.16. The molecule has 3 rings (SSSR count). The summed E-state index contributed by atoms with van der Waals surface area (Å²) in [4.78, 5) is 13.4. The highest BCUT2D eigenvalue weighted by molar-refractivity contribution is 7.99. The first-order valence-electron chi connectivity index (χ1n) is 7.91. The number of carbonyl (C=O) groups is 1. The van der Waals surface area contributed by atoms with Gasteiger partial charge < -0.3 is 8.83 Å². The van der Waals surface area contributed by atoms with Crippen LogP contribution in [0.5, 0.6) is 0 Å². The minimum absolute atomic E-state index is 0.0545. The van der Waals surface area contributed by atoms with Gasteiger partial charge in [-0.25, -0.2) is 0 Å². The molecule has 0 saturated carbocycles. The van der Waals surface area contributed by atoms with Gasteiger partial charge in [0.25, 0.3) is 11.8 Å². The van der Waals surface area contributed by atoms with Crippen LogP contribution in [-0.2, 0) is 0 Å².